The highest BCUT2D eigenvalue weighted by Crippen LogP contribution is 2.20. The maximum absolute atomic E-state index is 5.69. The number of hydrogen-bond donors (Lipinski definition) is 1. The standard InChI is InChI=1S/C9H13ClN2/c1-3-4-7(2)8-6-11-12-9(8)5-10/h6H,2-5H2,1H3,(H,11,12). The van der Waals surface area contributed by atoms with E-state index in [4.69, 9.17) is 11.6 Å². The van der Waals surface area contributed by atoms with Gasteiger partial charge in [-0.1, -0.05) is 19.9 Å². The average Bonchev–Trinajstić information content (AvgIpc) is 2.51. The Kier molecular flexibility index (Phi) is 3.35. The van der Waals surface area contributed by atoms with Gasteiger partial charge in [0.15, 0.2) is 0 Å². The number of alkyl halides is 1. The summed E-state index contributed by atoms with van der Waals surface area (Å²) in [5.41, 5.74) is 3.09. The van der Waals surface area contributed by atoms with Crippen LogP contribution in [0.4, 0.5) is 0 Å². The lowest BCUT2D eigenvalue weighted by Crippen LogP contribution is -1.86. The zero-order valence-corrected chi connectivity index (χ0v) is 7.99. The van der Waals surface area contributed by atoms with Crippen molar-refractivity contribution in [1.82, 2.24) is 10.2 Å². The lowest BCUT2D eigenvalue weighted by molar-refractivity contribution is 0.972. The Hall–Kier alpha value is -0.760. The molecule has 0 unspecified atom stereocenters. The molecule has 1 aromatic rings. The van der Waals surface area contributed by atoms with Crippen molar-refractivity contribution in [3.8, 4) is 0 Å². The summed E-state index contributed by atoms with van der Waals surface area (Å²) in [6.45, 7) is 6.11. The second kappa shape index (κ2) is 4.31. The second-order valence-electron chi connectivity index (χ2n) is 2.73. The van der Waals surface area contributed by atoms with E-state index in [9.17, 15) is 0 Å². The Bertz CT molecular complexity index is 265. The van der Waals surface area contributed by atoms with Crippen LogP contribution in [0.15, 0.2) is 12.8 Å². The number of nitrogens with zero attached hydrogens (tertiary/aromatic N) is 1. The molecule has 0 amide bonds. The molecule has 0 fully saturated rings. The first-order chi connectivity index (χ1) is 5.79. The number of hydrogen-bond acceptors (Lipinski definition) is 1. The van der Waals surface area contributed by atoms with Gasteiger partial charge in [-0.05, 0) is 12.0 Å². The maximum Gasteiger partial charge on any atom is 0.0844 e. The normalized spacial score (nSPS) is 10.2. The van der Waals surface area contributed by atoms with E-state index in [0.29, 0.717) is 5.88 Å². The van der Waals surface area contributed by atoms with Crippen LogP contribution in [0.1, 0.15) is 31.0 Å². The van der Waals surface area contributed by atoms with E-state index in [1.54, 1.807) is 0 Å². The molecule has 0 aliphatic rings. The highest BCUT2D eigenvalue weighted by Gasteiger charge is 2.06. The molecule has 0 saturated carbocycles. The predicted octanol–water partition coefficient (Wildman–Crippen LogP) is 2.96. The molecule has 0 atom stereocenters. The zero-order chi connectivity index (χ0) is 8.97. The highest BCUT2D eigenvalue weighted by molar-refractivity contribution is 6.17. The fourth-order valence-electron chi connectivity index (χ4n) is 1.16. The number of rotatable bonds is 4. The van der Waals surface area contributed by atoms with Gasteiger partial charge in [0.05, 0.1) is 11.6 Å². The van der Waals surface area contributed by atoms with Crippen LogP contribution in [0, 0.1) is 0 Å². The average molecular weight is 185 g/mol. The summed E-state index contributed by atoms with van der Waals surface area (Å²) < 4.78 is 0. The monoisotopic (exact) mass is 184 g/mol. The van der Waals surface area contributed by atoms with E-state index in [1.165, 1.54) is 0 Å². The molecule has 0 saturated heterocycles. The first kappa shape index (κ1) is 9.33. The number of allylic oxidation sites excluding steroid dienone is 1. The van der Waals surface area contributed by atoms with Crippen LogP contribution in [-0.2, 0) is 5.88 Å². The molecule has 1 aromatic heterocycles. The summed E-state index contributed by atoms with van der Waals surface area (Å²) in [5.74, 6) is 0.446. The van der Waals surface area contributed by atoms with E-state index in [0.717, 1.165) is 29.7 Å². The third-order valence-electron chi connectivity index (χ3n) is 1.78. The van der Waals surface area contributed by atoms with Crippen molar-refractivity contribution >= 4 is 17.2 Å². The van der Waals surface area contributed by atoms with E-state index in [2.05, 4.69) is 23.7 Å². The van der Waals surface area contributed by atoms with Crippen LogP contribution in [0.3, 0.4) is 0 Å². The molecule has 0 aliphatic carbocycles. The van der Waals surface area contributed by atoms with Crippen LogP contribution >= 0.6 is 11.6 Å². The van der Waals surface area contributed by atoms with Crippen molar-refractivity contribution in [3.05, 3.63) is 24.0 Å². The number of aromatic amines is 1. The summed E-state index contributed by atoms with van der Waals surface area (Å²) in [6.07, 6.45) is 3.96. The van der Waals surface area contributed by atoms with Gasteiger partial charge in [-0.2, -0.15) is 5.10 Å². The number of halogens is 1. The van der Waals surface area contributed by atoms with Crippen molar-refractivity contribution in [2.75, 3.05) is 0 Å². The fourth-order valence-corrected chi connectivity index (χ4v) is 1.37. The van der Waals surface area contributed by atoms with E-state index in [1.807, 2.05) is 6.20 Å². The Labute approximate surface area is 77.6 Å². The largest absolute Gasteiger partial charge is 0.285 e. The van der Waals surface area contributed by atoms with Gasteiger partial charge in [-0.15, -0.1) is 11.6 Å². The first-order valence-electron chi connectivity index (χ1n) is 4.06. The highest BCUT2D eigenvalue weighted by atomic mass is 35.5. The molecular weight excluding hydrogens is 172 g/mol. The number of nitrogens with one attached hydrogen (secondary N) is 1. The Morgan fingerprint density at radius 1 is 1.75 bits per heavy atom. The molecule has 0 radical (unpaired) electrons. The molecule has 12 heavy (non-hydrogen) atoms. The van der Waals surface area contributed by atoms with Crippen molar-refractivity contribution in [1.29, 1.82) is 0 Å². The van der Waals surface area contributed by atoms with Gasteiger partial charge in [-0.3, -0.25) is 5.10 Å². The third kappa shape index (κ3) is 1.89. The summed E-state index contributed by atoms with van der Waals surface area (Å²) in [6, 6.07) is 0. The van der Waals surface area contributed by atoms with Gasteiger partial charge in [-0.25, -0.2) is 0 Å². The molecule has 2 nitrogen and oxygen atoms in total. The van der Waals surface area contributed by atoms with Crippen LogP contribution in [0.2, 0.25) is 0 Å². The first-order valence-corrected chi connectivity index (χ1v) is 4.59. The van der Waals surface area contributed by atoms with E-state index in [-0.39, 0.29) is 0 Å². The van der Waals surface area contributed by atoms with Crippen molar-refractivity contribution in [2.24, 2.45) is 0 Å². The maximum atomic E-state index is 5.69. The topological polar surface area (TPSA) is 28.7 Å². The van der Waals surface area contributed by atoms with Gasteiger partial charge in [0.2, 0.25) is 0 Å². The third-order valence-corrected chi connectivity index (χ3v) is 2.03. The molecule has 0 aromatic carbocycles. The van der Waals surface area contributed by atoms with Gasteiger partial charge in [0.1, 0.15) is 0 Å². The zero-order valence-electron chi connectivity index (χ0n) is 7.23. The van der Waals surface area contributed by atoms with Crippen molar-refractivity contribution < 1.29 is 0 Å². The fraction of sp³-hybridized carbons (Fsp3) is 0.444. The minimum atomic E-state index is 0.446. The Balaban J connectivity index is 2.79. The molecule has 0 aliphatic heterocycles. The summed E-state index contributed by atoms with van der Waals surface area (Å²) in [7, 11) is 0. The molecule has 1 heterocycles. The molecular formula is C9H13ClN2. The van der Waals surface area contributed by atoms with E-state index < -0.39 is 0 Å². The van der Waals surface area contributed by atoms with Gasteiger partial charge < -0.3 is 0 Å². The molecule has 1 rings (SSSR count). The van der Waals surface area contributed by atoms with Gasteiger partial charge in [0.25, 0.3) is 0 Å². The van der Waals surface area contributed by atoms with Crippen molar-refractivity contribution in [2.45, 2.75) is 25.6 Å². The minimum absolute atomic E-state index is 0.446. The van der Waals surface area contributed by atoms with Gasteiger partial charge in [0, 0.05) is 11.8 Å². The van der Waals surface area contributed by atoms with Crippen molar-refractivity contribution in [3.63, 3.8) is 0 Å². The second-order valence-corrected chi connectivity index (χ2v) is 3.00. The summed E-state index contributed by atoms with van der Waals surface area (Å²) >= 11 is 5.69. The number of H-pyrrole nitrogens is 1. The molecule has 0 spiro atoms. The SMILES string of the molecule is C=C(CCC)c1c[nH]nc1CCl. The lowest BCUT2D eigenvalue weighted by atomic mass is 10.0. The van der Waals surface area contributed by atoms with Crippen LogP contribution in [-0.4, -0.2) is 10.2 Å². The Morgan fingerprint density at radius 2 is 2.50 bits per heavy atom. The molecule has 3 heteroatoms. The Morgan fingerprint density at radius 3 is 3.08 bits per heavy atom. The molecule has 1 N–H and O–H groups in total. The molecule has 66 valence electrons. The smallest absolute Gasteiger partial charge is 0.0844 e. The molecule has 0 bridgehead atoms. The lowest BCUT2D eigenvalue weighted by Gasteiger charge is -2.01. The summed E-state index contributed by atoms with van der Waals surface area (Å²) in [4.78, 5) is 0. The van der Waals surface area contributed by atoms with Gasteiger partial charge >= 0.3 is 0 Å². The van der Waals surface area contributed by atoms with Crippen LogP contribution in [0.25, 0.3) is 5.57 Å². The van der Waals surface area contributed by atoms with E-state index >= 15 is 0 Å². The summed E-state index contributed by atoms with van der Waals surface area (Å²) in [5, 5.41) is 6.81. The van der Waals surface area contributed by atoms with Crippen LogP contribution < -0.4 is 0 Å². The predicted molar refractivity (Wildman–Crippen MR) is 52.1 cm³/mol. The number of aromatic nitrogens is 2. The quantitative estimate of drug-likeness (QED) is 0.717. The van der Waals surface area contributed by atoms with Crippen LogP contribution in [0.5, 0.6) is 0 Å². The minimum Gasteiger partial charge on any atom is -0.285 e.